The lowest BCUT2D eigenvalue weighted by Gasteiger charge is -2.08. The van der Waals surface area contributed by atoms with E-state index < -0.39 is 0 Å². The molecule has 0 fully saturated rings. The molecule has 0 atom stereocenters. The molecule has 0 aliphatic heterocycles. The summed E-state index contributed by atoms with van der Waals surface area (Å²) < 4.78 is 0. The summed E-state index contributed by atoms with van der Waals surface area (Å²) in [6.45, 7) is 0. The Morgan fingerprint density at radius 3 is 2.22 bits per heavy atom. The Morgan fingerprint density at radius 2 is 1.57 bits per heavy atom. The molecule has 2 rings (SSSR count). The first-order valence-electron chi connectivity index (χ1n) is 7.32. The number of amides is 1. The highest BCUT2D eigenvalue weighted by Gasteiger charge is 2.06. The molecule has 2 aromatic rings. The molecule has 3 nitrogen and oxygen atoms in total. The molecule has 0 aliphatic carbocycles. The summed E-state index contributed by atoms with van der Waals surface area (Å²) in [7, 11) is 3.40. The maximum atomic E-state index is 11.8. The van der Waals surface area contributed by atoms with Gasteiger partial charge in [0.05, 0.1) is 0 Å². The van der Waals surface area contributed by atoms with Crippen LogP contribution in [0, 0.1) is 0 Å². The number of rotatable bonds is 5. The molecule has 0 bridgehead atoms. The zero-order valence-corrected chi connectivity index (χ0v) is 13.3. The van der Waals surface area contributed by atoms with E-state index in [1.807, 2.05) is 54.6 Å². The van der Waals surface area contributed by atoms with Gasteiger partial charge in [-0.2, -0.15) is 0 Å². The molecule has 0 saturated carbocycles. The van der Waals surface area contributed by atoms with E-state index in [9.17, 15) is 9.59 Å². The van der Waals surface area contributed by atoms with Gasteiger partial charge in [0, 0.05) is 25.7 Å². The van der Waals surface area contributed by atoms with Gasteiger partial charge in [0.25, 0.3) is 0 Å². The fourth-order valence-electron chi connectivity index (χ4n) is 2.12. The predicted molar refractivity (Wildman–Crippen MR) is 94.0 cm³/mol. The van der Waals surface area contributed by atoms with Gasteiger partial charge >= 0.3 is 0 Å². The van der Waals surface area contributed by atoms with Crippen LogP contribution < -0.4 is 0 Å². The zero-order valence-electron chi connectivity index (χ0n) is 13.3. The predicted octanol–water partition coefficient (Wildman–Crippen LogP) is 3.68. The number of hydrogen-bond donors (Lipinski definition) is 0. The van der Waals surface area contributed by atoms with Crippen LogP contribution in [-0.2, 0) is 4.79 Å². The number of likely N-dealkylation sites (N-methyl/N-ethyl adjacent to an activating group) is 1. The van der Waals surface area contributed by atoms with Crippen molar-refractivity contribution in [2.45, 2.75) is 0 Å². The van der Waals surface area contributed by atoms with Crippen LogP contribution in [0.4, 0.5) is 0 Å². The van der Waals surface area contributed by atoms with E-state index in [4.69, 9.17) is 0 Å². The second kappa shape index (κ2) is 7.90. The zero-order chi connectivity index (χ0) is 16.7. The second-order valence-corrected chi connectivity index (χ2v) is 5.28. The van der Waals surface area contributed by atoms with Gasteiger partial charge < -0.3 is 4.90 Å². The van der Waals surface area contributed by atoms with E-state index in [2.05, 4.69) is 0 Å². The number of carbonyl (C=O) groups excluding carboxylic acids is 2. The fraction of sp³-hybridized carbons (Fsp3) is 0.100. The van der Waals surface area contributed by atoms with Gasteiger partial charge in [-0.25, -0.2) is 0 Å². The van der Waals surface area contributed by atoms with E-state index in [0.717, 1.165) is 23.0 Å². The van der Waals surface area contributed by atoms with Gasteiger partial charge in [-0.1, -0.05) is 54.6 Å². The standard InChI is InChI=1S/C20H19NO2/c1-21(2)20(23)13-12-17(14-16-8-4-3-5-9-16)19-11-7-6-10-18(19)15-22/h3-15H,1-2H3/b13-12+,17-14-. The lowest BCUT2D eigenvalue weighted by molar-refractivity contribution is -0.123. The molecule has 23 heavy (non-hydrogen) atoms. The molecular formula is C20H19NO2. The van der Waals surface area contributed by atoms with Crippen molar-refractivity contribution in [3.05, 3.63) is 83.4 Å². The SMILES string of the molecule is CN(C)C(=O)/C=C/C(=C/c1ccccc1)c1ccccc1C=O. The highest BCUT2D eigenvalue weighted by molar-refractivity contribution is 5.98. The molecule has 0 unspecified atom stereocenters. The monoisotopic (exact) mass is 305 g/mol. The average Bonchev–Trinajstić information content (AvgIpc) is 2.59. The summed E-state index contributed by atoms with van der Waals surface area (Å²) in [5.41, 5.74) is 3.21. The van der Waals surface area contributed by atoms with Crippen LogP contribution >= 0.6 is 0 Å². The van der Waals surface area contributed by atoms with Crippen LogP contribution in [0.25, 0.3) is 11.6 Å². The molecular weight excluding hydrogens is 286 g/mol. The minimum absolute atomic E-state index is 0.104. The van der Waals surface area contributed by atoms with Crippen LogP contribution in [0.3, 0.4) is 0 Å². The number of carbonyl (C=O) groups is 2. The van der Waals surface area contributed by atoms with E-state index in [1.165, 1.54) is 11.0 Å². The molecule has 0 aromatic heterocycles. The normalized spacial score (nSPS) is 11.5. The van der Waals surface area contributed by atoms with Crippen LogP contribution in [0.5, 0.6) is 0 Å². The summed E-state index contributed by atoms with van der Waals surface area (Å²) in [5, 5.41) is 0. The van der Waals surface area contributed by atoms with Crippen LogP contribution in [0.15, 0.2) is 66.7 Å². The number of benzene rings is 2. The summed E-state index contributed by atoms with van der Waals surface area (Å²) in [6.07, 6.45) is 6.05. The minimum Gasteiger partial charge on any atom is -0.345 e. The van der Waals surface area contributed by atoms with Gasteiger partial charge in [-0.3, -0.25) is 9.59 Å². The third-order valence-electron chi connectivity index (χ3n) is 3.37. The van der Waals surface area contributed by atoms with Crippen molar-refractivity contribution in [3.8, 4) is 0 Å². The molecule has 1 amide bonds. The molecule has 0 saturated heterocycles. The number of nitrogens with zero attached hydrogens (tertiary/aromatic N) is 1. The molecule has 0 N–H and O–H groups in total. The lowest BCUT2D eigenvalue weighted by atomic mass is 9.97. The summed E-state index contributed by atoms with van der Waals surface area (Å²) in [6, 6.07) is 17.1. The van der Waals surface area contributed by atoms with E-state index in [0.29, 0.717) is 5.56 Å². The van der Waals surface area contributed by atoms with Gasteiger partial charge in [0.15, 0.2) is 6.29 Å². The van der Waals surface area contributed by atoms with Crippen molar-refractivity contribution in [2.24, 2.45) is 0 Å². The fourth-order valence-corrected chi connectivity index (χ4v) is 2.12. The average molecular weight is 305 g/mol. The number of aldehydes is 1. The Morgan fingerprint density at radius 1 is 0.913 bits per heavy atom. The van der Waals surface area contributed by atoms with Gasteiger partial charge in [0.1, 0.15) is 0 Å². The Hall–Kier alpha value is -2.94. The first-order chi connectivity index (χ1) is 11.1. The molecule has 2 aromatic carbocycles. The van der Waals surface area contributed by atoms with Crippen molar-refractivity contribution in [3.63, 3.8) is 0 Å². The number of hydrogen-bond acceptors (Lipinski definition) is 2. The topological polar surface area (TPSA) is 37.4 Å². The van der Waals surface area contributed by atoms with E-state index >= 15 is 0 Å². The smallest absolute Gasteiger partial charge is 0.246 e. The van der Waals surface area contributed by atoms with Gasteiger partial charge in [0.2, 0.25) is 5.91 Å². The maximum Gasteiger partial charge on any atom is 0.246 e. The van der Waals surface area contributed by atoms with Crippen molar-refractivity contribution < 1.29 is 9.59 Å². The summed E-state index contributed by atoms with van der Waals surface area (Å²) in [4.78, 5) is 24.6. The highest BCUT2D eigenvalue weighted by atomic mass is 16.2. The van der Waals surface area contributed by atoms with E-state index in [1.54, 1.807) is 26.2 Å². The van der Waals surface area contributed by atoms with Crippen molar-refractivity contribution >= 4 is 23.8 Å². The maximum absolute atomic E-state index is 11.8. The first kappa shape index (κ1) is 16.4. The summed E-state index contributed by atoms with van der Waals surface area (Å²) in [5.74, 6) is -0.104. The Kier molecular flexibility index (Phi) is 5.64. The van der Waals surface area contributed by atoms with Crippen LogP contribution in [-0.4, -0.2) is 31.2 Å². The van der Waals surface area contributed by atoms with Crippen LogP contribution in [0.1, 0.15) is 21.5 Å². The lowest BCUT2D eigenvalue weighted by Crippen LogP contribution is -2.18. The van der Waals surface area contributed by atoms with Crippen molar-refractivity contribution in [1.82, 2.24) is 4.90 Å². The Labute approximate surface area is 136 Å². The molecule has 0 aliphatic rings. The van der Waals surface area contributed by atoms with Gasteiger partial charge in [-0.05, 0) is 28.9 Å². The quantitative estimate of drug-likeness (QED) is 0.366. The van der Waals surface area contributed by atoms with Crippen LogP contribution in [0.2, 0.25) is 0 Å². The van der Waals surface area contributed by atoms with Crippen molar-refractivity contribution in [2.75, 3.05) is 14.1 Å². The highest BCUT2D eigenvalue weighted by Crippen LogP contribution is 2.22. The van der Waals surface area contributed by atoms with E-state index in [-0.39, 0.29) is 5.91 Å². The third kappa shape index (κ3) is 4.51. The minimum atomic E-state index is -0.104. The Bertz CT molecular complexity index is 743. The molecule has 0 radical (unpaired) electrons. The Balaban J connectivity index is 2.49. The molecule has 116 valence electrons. The largest absolute Gasteiger partial charge is 0.345 e. The second-order valence-electron chi connectivity index (χ2n) is 5.28. The van der Waals surface area contributed by atoms with Gasteiger partial charge in [-0.15, -0.1) is 0 Å². The van der Waals surface area contributed by atoms with Crippen molar-refractivity contribution in [1.29, 1.82) is 0 Å². The third-order valence-corrected chi connectivity index (χ3v) is 3.37. The first-order valence-corrected chi connectivity index (χ1v) is 7.32. The molecule has 0 spiro atoms. The summed E-state index contributed by atoms with van der Waals surface area (Å²) >= 11 is 0. The molecule has 0 heterocycles. The number of allylic oxidation sites excluding steroid dienone is 2. The molecule has 3 heteroatoms.